The maximum Gasteiger partial charge on any atom is 0.0638 e. The highest BCUT2D eigenvalue weighted by Crippen LogP contribution is 2.23. The topological polar surface area (TPSA) is 41.3 Å². The number of nitrogens with zero attached hydrogens (tertiary/aromatic N) is 1. The fraction of sp³-hybridized carbons (Fsp3) is 0.455. The molecule has 0 atom stereocenters. The minimum Gasteiger partial charge on any atom is -0.397 e. The molecule has 1 aliphatic heterocycles. The first kappa shape index (κ1) is 10.7. The van der Waals surface area contributed by atoms with Gasteiger partial charge < -0.3 is 11.1 Å². The van der Waals surface area contributed by atoms with Gasteiger partial charge in [0.1, 0.15) is 0 Å². The summed E-state index contributed by atoms with van der Waals surface area (Å²) in [6.07, 6.45) is 0. The van der Waals surface area contributed by atoms with E-state index in [9.17, 15) is 0 Å². The molecule has 0 radical (unpaired) electrons. The molecule has 0 aromatic heterocycles. The lowest BCUT2D eigenvalue weighted by Gasteiger charge is -2.27. The van der Waals surface area contributed by atoms with Gasteiger partial charge in [0.2, 0.25) is 0 Å². The monoisotopic (exact) mass is 225 g/mol. The molecule has 0 saturated carbocycles. The molecule has 1 saturated heterocycles. The van der Waals surface area contributed by atoms with Crippen molar-refractivity contribution in [1.82, 2.24) is 10.2 Å². The summed E-state index contributed by atoms with van der Waals surface area (Å²) in [5.41, 5.74) is 7.77. The van der Waals surface area contributed by atoms with Crippen LogP contribution in [0.3, 0.4) is 0 Å². The normalized spacial score (nSPS) is 17.9. The van der Waals surface area contributed by atoms with Gasteiger partial charge in [-0.2, -0.15) is 0 Å². The van der Waals surface area contributed by atoms with Gasteiger partial charge in [0.15, 0.2) is 0 Å². The first-order valence-electron chi connectivity index (χ1n) is 5.23. The largest absolute Gasteiger partial charge is 0.397 e. The third kappa shape index (κ3) is 2.62. The molecule has 0 aliphatic carbocycles. The van der Waals surface area contributed by atoms with Crippen LogP contribution in [-0.4, -0.2) is 31.1 Å². The number of para-hydroxylation sites is 1. The molecule has 3 N–H and O–H groups in total. The second kappa shape index (κ2) is 4.84. The molecule has 1 aliphatic rings. The molecule has 15 heavy (non-hydrogen) atoms. The highest BCUT2D eigenvalue weighted by Gasteiger charge is 2.11. The summed E-state index contributed by atoms with van der Waals surface area (Å²) in [4.78, 5) is 2.39. The summed E-state index contributed by atoms with van der Waals surface area (Å²) < 4.78 is 0. The molecule has 1 aromatic rings. The number of halogens is 1. The predicted octanol–water partition coefficient (Wildman–Crippen LogP) is 1.33. The van der Waals surface area contributed by atoms with Crippen molar-refractivity contribution in [3.63, 3.8) is 0 Å². The smallest absolute Gasteiger partial charge is 0.0638 e. The van der Waals surface area contributed by atoms with Crippen LogP contribution in [0.15, 0.2) is 18.2 Å². The second-order valence-electron chi connectivity index (χ2n) is 3.84. The Morgan fingerprint density at radius 2 is 2.07 bits per heavy atom. The molecule has 2 rings (SSSR count). The Bertz CT molecular complexity index is 335. The van der Waals surface area contributed by atoms with Crippen molar-refractivity contribution in [3.8, 4) is 0 Å². The van der Waals surface area contributed by atoms with E-state index in [1.54, 1.807) is 0 Å². The summed E-state index contributed by atoms with van der Waals surface area (Å²) in [5, 5.41) is 3.98. The lowest BCUT2D eigenvalue weighted by molar-refractivity contribution is 0.233. The van der Waals surface area contributed by atoms with Gasteiger partial charge in [-0.05, 0) is 11.6 Å². The number of nitrogen functional groups attached to an aromatic ring is 1. The molecular formula is C11H16ClN3. The van der Waals surface area contributed by atoms with Crippen molar-refractivity contribution >= 4 is 17.3 Å². The zero-order valence-electron chi connectivity index (χ0n) is 8.67. The van der Waals surface area contributed by atoms with E-state index in [0.29, 0.717) is 5.02 Å². The van der Waals surface area contributed by atoms with Gasteiger partial charge in [-0.15, -0.1) is 0 Å². The van der Waals surface area contributed by atoms with Gasteiger partial charge in [0.25, 0.3) is 0 Å². The molecule has 3 nitrogen and oxygen atoms in total. The fourth-order valence-electron chi connectivity index (χ4n) is 1.83. The molecule has 82 valence electrons. The van der Waals surface area contributed by atoms with Gasteiger partial charge in [-0.25, -0.2) is 0 Å². The highest BCUT2D eigenvalue weighted by molar-refractivity contribution is 6.33. The Hall–Kier alpha value is -0.770. The SMILES string of the molecule is Nc1c(Cl)cccc1CN1CCNCC1. The van der Waals surface area contributed by atoms with E-state index in [1.165, 1.54) is 0 Å². The molecular weight excluding hydrogens is 210 g/mol. The minimum absolute atomic E-state index is 0.655. The van der Waals surface area contributed by atoms with E-state index in [2.05, 4.69) is 10.2 Å². The molecule has 1 aromatic carbocycles. The number of hydrogen-bond acceptors (Lipinski definition) is 3. The number of benzene rings is 1. The van der Waals surface area contributed by atoms with Crippen LogP contribution in [0.25, 0.3) is 0 Å². The molecule has 0 unspecified atom stereocenters. The van der Waals surface area contributed by atoms with Gasteiger partial charge in [0, 0.05) is 32.7 Å². The quantitative estimate of drug-likeness (QED) is 0.747. The maximum atomic E-state index is 5.98. The van der Waals surface area contributed by atoms with Crippen molar-refractivity contribution in [1.29, 1.82) is 0 Å². The maximum absolute atomic E-state index is 5.98. The average Bonchev–Trinajstić information content (AvgIpc) is 2.26. The van der Waals surface area contributed by atoms with Crippen LogP contribution >= 0.6 is 11.6 Å². The van der Waals surface area contributed by atoms with Crippen molar-refractivity contribution < 1.29 is 0 Å². The summed E-state index contributed by atoms with van der Waals surface area (Å²) in [6.45, 7) is 5.16. The summed E-state index contributed by atoms with van der Waals surface area (Å²) in [5.74, 6) is 0. The van der Waals surface area contributed by atoms with Crippen LogP contribution in [0.1, 0.15) is 5.56 Å². The Labute approximate surface area is 95.2 Å². The fourth-order valence-corrected chi connectivity index (χ4v) is 2.02. The van der Waals surface area contributed by atoms with E-state index < -0.39 is 0 Å². The summed E-state index contributed by atoms with van der Waals surface area (Å²) in [6, 6.07) is 5.83. The van der Waals surface area contributed by atoms with Crippen LogP contribution in [0.2, 0.25) is 5.02 Å². The van der Waals surface area contributed by atoms with Crippen molar-refractivity contribution in [3.05, 3.63) is 28.8 Å². The van der Waals surface area contributed by atoms with Crippen LogP contribution in [0.4, 0.5) is 5.69 Å². The zero-order chi connectivity index (χ0) is 10.7. The molecule has 1 fully saturated rings. The second-order valence-corrected chi connectivity index (χ2v) is 4.25. The van der Waals surface area contributed by atoms with Gasteiger partial charge in [-0.1, -0.05) is 23.7 Å². The van der Waals surface area contributed by atoms with E-state index >= 15 is 0 Å². The van der Waals surface area contributed by atoms with Gasteiger partial charge in [0.05, 0.1) is 10.7 Å². The Morgan fingerprint density at radius 1 is 1.33 bits per heavy atom. The van der Waals surface area contributed by atoms with Gasteiger partial charge >= 0.3 is 0 Å². The summed E-state index contributed by atoms with van der Waals surface area (Å²) in [7, 11) is 0. The molecule has 1 heterocycles. The first-order valence-corrected chi connectivity index (χ1v) is 5.61. The van der Waals surface area contributed by atoms with Crippen LogP contribution in [0, 0.1) is 0 Å². The lowest BCUT2D eigenvalue weighted by Crippen LogP contribution is -2.42. The highest BCUT2D eigenvalue weighted by atomic mass is 35.5. The van der Waals surface area contributed by atoms with Crippen molar-refractivity contribution in [2.75, 3.05) is 31.9 Å². The number of nitrogens with two attached hydrogens (primary N) is 1. The number of rotatable bonds is 2. The number of piperazine rings is 1. The third-order valence-electron chi connectivity index (χ3n) is 2.75. The van der Waals surface area contributed by atoms with Crippen molar-refractivity contribution in [2.24, 2.45) is 0 Å². The van der Waals surface area contributed by atoms with E-state index in [0.717, 1.165) is 44.0 Å². The lowest BCUT2D eigenvalue weighted by atomic mass is 10.1. The third-order valence-corrected chi connectivity index (χ3v) is 3.08. The first-order chi connectivity index (χ1) is 7.27. The van der Waals surface area contributed by atoms with Crippen LogP contribution < -0.4 is 11.1 Å². The molecule has 0 bridgehead atoms. The van der Waals surface area contributed by atoms with Crippen LogP contribution in [-0.2, 0) is 6.54 Å². The molecule has 4 heteroatoms. The Balaban J connectivity index is 2.06. The van der Waals surface area contributed by atoms with E-state index in [1.807, 2.05) is 18.2 Å². The molecule has 0 spiro atoms. The summed E-state index contributed by atoms with van der Waals surface area (Å²) >= 11 is 5.98. The zero-order valence-corrected chi connectivity index (χ0v) is 9.43. The molecule has 0 amide bonds. The van der Waals surface area contributed by atoms with E-state index in [4.69, 9.17) is 17.3 Å². The minimum atomic E-state index is 0.655. The number of anilines is 1. The Kier molecular flexibility index (Phi) is 3.46. The van der Waals surface area contributed by atoms with Crippen LogP contribution in [0.5, 0.6) is 0 Å². The van der Waals surface area contributed by atoms with E-state index in [-0.39, 0.29) is 0 Å². The standard InChI is InChI=1S/C11H16ClN3/c12-10-3-1-2-9(11(10)13)8-15-6-4-14-5-7-15/h1-3,14H,4-8,13H2. The average molecular weight is 226 g/mol. The van der Waals surface area contributed by atoms with Crippen molar-refractivity contribution in [2.45, 2.75) is 6.54 Å². The van der Waals surface area contributed by atoms with Gasteiger partial charge in [-0.3, -0.25) is 4.90 Å². The predicted molar refractivity (Wildman–Crippen MR) is 64.0 cm³/mol. The number of hydrogen-bond donors (Lipinski definition) is 2. The number of nitrogens with one attached hydrogen (secondary N) is 1. The Morgan fingerprint density at radius 3 is 2.80 bits per heavy atom.